The highest BCUT2D eigenvalue weighted by Crippen LogP contribution is 2.22. The Morgan fingerprint density at radius 3 is 2.88 bits per heavy atom. The Labute approximate surface area is 92.2 Å². The fourth-order valence-electron chi connectivity index (χ4n) is 1.62. The number of nitrogens with zero attached hydrogens (tertiary/aromatic N) is 1. The van der Waals surface area contributed by atoms with Gasteiger partial charge in [0.05, 0.1) is 12.1 Å². The Morgan fingerprint density at radius 2 is 2.31 bits per heavy atom. The number of ether oxygens (including phenoxy) is 1. The molecule has 1 saturated heterocycles. The summed E-state index contributed by atoms with van der Waals surface area (Å²) in [5.41, 5.74) is 0.708. The molecule has 1 aromatic carbocycles. The first-order valence-corrected chi connectivity index (χ1v) is 4.89. The molecule has 1 heterocycles. The van der Waals surface area contributed by atoms with Crippen LogP contribution in [0.5, 0.6) is 0 Å². The third-order valence-electron chi connectivity index (χ3n) is 2.37. The number of carboxylic acid groups (broad SMARTS) is 1. The maximum atomic E-state index is 11.4. The average Bonchev–Trinajstić information content (AvgIpc) is 2.58. The highest BCUT2D eigenvalue weighted by molar-refractivity contribution is 5.93. The van der Waals surface area contributed by atoms with Gasteiger partial charge in [0.25, 0.3) is 0 Å². The molecule has 1 fully saturated rings. The number of aromatic carboxylic acids is 1. The van der Waals surface area contributed by atoms with Crippen molar-refractivity contribution in [3.63, 3.8) is 0 Å². The molecular weight excluding hydrogens is 210 g/mol. The monoisotopic (exact) mass is 221 g/mol. The summed E-state index contributed by atoms with van der Waals surface area (Å²) in [5.74, 6) is -1.01. The molecule has 0 saturated carbocycles. The first-order chi connectivity index (χ1) is 7.58. The molecule has 0 radical (unpaired) electrons. The van der Waals surface area contributed by atoms with Gasteiger partial charge in [-0.05, 0) is 25.1 Å². The van der Waals surface area contributed by atoms with E-state index >= 15 is 0 Å². The van der Waals surface area contributed by atoms with Gasteiger partial charge >= 0.3 is 12.1 Å². The van der Waals surface area contributed by atoms with Crippen LogP contribution in [0.3, 0.4) is 0 Å². The fraction of sp³-hybridized carbons (Fsp3) is 0.273. The lowest BCUT2D eigenvalue weighted by Crippen LogP contribution is -2.24. The van der Waals surface area contributed by atoms with Crippen LogP contribution in [0.2, 0.25) is 0 Å². The second kappa shape index (κ2) is 3.84. The van der Waals surface area contributed by atoms with E-state index in [0.29, 0.717) is 12.2 Å². The van der Waals surface area contributed by atoms with Gasteiger partial charge in [-0.15, -0.1) is 0 Å². The van der Waals surface area contributed by atoms with Gasteiger partial charge in [0.15, 0.2) is 0 Å². The van der Waals surface area contributed by atoms with E-state index in [4.69, 9.17) is 9.84 Å². The van der Waals surface area contributed by atoms with Gasteiger partial charge in [-0.1, -0.05) is 6.07 Å². The van der Waals surface area contributed by atoms with Crippen LogP contribution >= 0.6 is 0 Å². The molecule has 0 bridgehead atoms. The summed E-state index contributed by atoms with van der Waals surface area (Å²) in [5, 5.41) is 8.84. The van der Waals surface area contributed by atoms with Crippen molar-refractivity contribution in [1.29, 1.82) is 0 Å². The topological polar surface area (TPSA) is 66.8 Å². The van der Waals surface area contributed by atoms with Crippen LogP contribution in [0.15, 0.2) is 24.3 Å². The van der Waals surface area contributed by atoms with E-state index < -0.39 is 12.1 Å². The minimum atomic E-state index is -1.01. The van der Waals surface area contributed by atoms with E-state index in [2.05, 4.69) is 0 Å². The Balaban J connectivity index is 2.30. The normalized spacial score (nSPS) is 19.7. The van der Waals surface area contributed by atoms with Crippen molar-refractivity contribution in [3.8, 4) is 0 Å². The van der Waals surface area contributed by atoms with Crippen molar-refractivity contribution in [1.82, 2.24) is 0 Å². The Bertz CT molecular complexity index is 443. The first-order valence-electron chi connectivity index (χ1n) is 4.89. The quantitative estimate of drug-likeness (QED) is 0.825. The van der Waals surface area contributed by atoms with Crippen molar-refractivity contribution in [2.45, 2.75) is 13.0 Å². The first kappa shape index (κ1) is 10.5. The summed E-state index contributed by atoms with van der Waals surface area (Å²) in [6.45, 7) is 2.24. The van der Waals surface area contributed by atoms with Crippen LogP contribution in [-0.2, 0) is 4.74 Å². The average molecular weight is 221 g/mol. The highest BCUT2D eigenvalue weighted by atomic mass is 16.6. The predicted octanol–water partition coefficient (Wildman–Crippen LogP) is 1.73. The largest absolute Gasteiger partial charge is 0.478 e. The van der Waals surface area contributed by atoms with E-state index in [1.54, 1.807) is 19.1 Å². The minimum Gasteiger partial charge on any atom is -0.478 e. The Kier molecular flexibility index (Phi) is 2.52. The molecule has 5 nitrogen and oxygen atoms in total. The number of amides is 1. The van der Waals surface area contributed by atoms with Crippen LogP contribution in [0.1, 0.15) is 17.3 Å². The number of benzene rings is 1. The number of carbonyl (C=O) groups is 2. The maximum absolute atomic E-state index is 11.4. The molecule has 1 aliphatic heterocycles. The standard InChI is InChI=1S/C11H11NO4/c1-7-6-12(11(15)16-7)9-4-2-3-8(5-9)10(13)14/h2-5,7H,6H2,1H3,(H,13,14). The maximum Gasteiger partial charge on any atom is 0.414 e. The summed E-state index contributed by atoms with van der Waals surface area (Å²) >= 11 is 0. The molecule has 0 spiro atoms. The zero-order valence-electron chi connectivity index (χ0n) is 8.71. The molecule has 1 N–H and O–H groups in total. The summed E-state index contributed by atoms with van der Waals surface area (Å²) in [7, 11) is 0. The third-order valence-corrected chi connectivity index (χ3v) is 2.37. The molecule has 5 heteroatoms. The lowest BCUT2D eigenvalue weighted by atomic mass is 10.2. The zero-order chi connectivity index (χ0) is 11.7. The number of anilines is 1. The molecule has 0 aliphatic carbocycles. The number of hydrogen-bond acceptors (Lipinski definition) is 3. The molecule has 1 aromatic rings. The van der Waals surface area contributed by atoms with E-state index in [0.717, 1.165) is 0 Å². The van der Waals surface area contributed by atoms with E-state index in [-0.39, 0.29) is 11.7 Å². The number of carboxylic acids is 1. The van der Waals surface area contributed by atoms with Crippen molar-refractivity contribution in [2.75, 3.05) is 11.4 Å². The lowest BCUT2D eigenvalue weighted by molar-refractivity contribution is 0.0696. The summed E-state index contributed by atoms with van der Waals surface area (Å²) in [6, 6.07) is 6.24. The second-order valence-electron chi connectivity index (χ2n) is 3.66. The van der Waals surface area contributed by atoms with Gasteiger partial charge in [0.2, 0.25) is 0 Å². The van der Waals surface area contributed by atoms with Crippen molar-refractivity contribution in [2.24, 2.45) is 0 Å². The SMILES string of the molecule is CC1CN(c2cccc(C(=O)O)c2)C(=O)O1. The molecule has 0 aromatic heterocycles. The van der Waals surface area contributed by atoms with Gasteiger partial charge in [-0.3, -0.25) is 4.90 Å². The van der Waals surface area contributed by atoms with Crippen molar-refractivity contribution in [3.05, 3.63) is 29.8 Å². The zero-order valence-corrected chi connectivity index (χ0v) is 8.71. The number of carbonyl (C=O) groups excluding carboxylic acids is 1. The Morgan fingerprint density at radius 1 is 1.56 bits per heavy atom. The number of cyclic esters (lactones) is 1. The third kappa shape index (κ3) is 1.84. The van der Waals surface area contributed by atoms with Crippen LogP contribution in [-0.4, -0.2) is 29.8 Å². The molecule has 84 valence electrons. The second-order valence-corrected chi connectivity index (χ2v) is 3.66. The van der Waals surface area contributed by atoms with Crippen molar-refractivity contribution < 1.29 is 19.4 Å². The summed E-state index contributed by atoms with van der Waals surface area (Å²) in [4.78, 5) is 23.6. The molecular formula is C11H11NO4. The minimum absolute atomic E-state index is 0.157. The lowest BCUT2D eigenvalue weighted by Gasteiger charge is -2.12. The number of rotatable bonds is 2. The van der Waals surface area contributed by atoms with Crippen LogP contribution in [0.25, 0.3) is 0 Å². The van der Waals surface area contributed by atoms with Crippen LogP contribution < -0.4 is 4.90 Å². The smallest absolute Gasteiger partial charge is 0.414 e. The van der Waals surface area contributed by atoms with Gasteiger partial charge in [-0.25, -0.2) is 9.59 Å². The van der Waals surface area contributed by atoms with Gasteiger partial charge in [-0.2, -0.15) is 0 Å². The summed E-state index contributed by atoms with van der Waals surface area (Å²) in [6.07, 6.45) is -0.601. The van der Waals surface area contributed by atoms with Gasteiger partial charge in [0, 0.05) is 5.69 Å². The molecule has 1 aliphatic rings. The molecule has 1 atom stereocenters. The Hall–Kier alpha value is -2.04. The predicted molar refractivity (Wildman–Crippen MR) is 56.7 cm³/mol. The van der Waals surface area contributed by atoms with Crippen LogP contribution in [0, 0.1) is 0 Å². The van der Waals surface area contributed by atoms with Gasteiger partial charge in [0.1, 0.15) is 6.10 Å². The fourth-order valence-corrected chi connectivity index (χ4v) is 1.62. The molecule has 1 unspecified atom stereocenters. The molecule has 2 rings (SSSR count). The van der Waals surface area contributed by atoms with Crippen LogP contribution in [0.4, 0.5) is 10.5 Å². The highest BCUT2D eigenvalue weighted by Gasteiger charge is 2.29. The summed E-state index contributed by atoms with van der Waals surface area (Å²) < 4.78 is 4.97. The van der Waals surface area contributed by atoms with Gasteiger partial charge < -0.3 is 9.84 Å². The van der Waals surface area contributed by atoms with E-state index in [9.17, 15) is 9.59 Å². The van der Waals surface area contributed by atoms with E-state index in [1.807, 2.05) is 0 Å². The van der Waals surface area contributed by atoms with Crippen molar-refractivity contribution >= 4 is 17.7 Å². The number of hydrogen-bond donors (Lipinski definition) is 1. The molecule has 1 amide bonds. The van der Waals surface area contributed by atoms with E-state index in [1.165, 1.54) is 17.0 Å². The molecule has 16 heavy (non-hydrogen) atoms.